The zero-order chi connectivity index (χ0) is 21.7. The number of carbonyl (C=O) groups is 3. The highest BCUT2D eigenvalue weighted by atomic mass is 32.1. The monoisotopic (exact) mass is 430 g/mol. The van der Waals surface area contributed by atoms with Crippen LogP contribution in [0.15, 0.2) is 47.2 Å². The van der Waals surface area contributed by atoms with Crippen LogP contribution in [-0.2, 0) is 19.7 Å². The van der Waals surface area contributed by atoms with Crippen molar-refractivity contribution in [2.75, 3.05) is 6.61 Å². The number of carbonyl (C=O) groups excluding carboxylic acids is 3. The van der Waals surface area contributed by atoms with E-state index in [4.69, 9.17) is 9.47 Å². The topological polar surface area (TPSA) is 93.7 Å². The van der Waals surface area contributed by atoms with Gasteiger partial charge in [-0.2, -0.15) is 0 Å². The Morgan fingerprint density at radius 1 is 1.27 bits per heavy atom. The van der Waals surface area contributed by atoms with Gasteiger partial charge in [-0.15, -0.1) is 11.3 Å². The number of Topliss-reactive ketones (excluding diaryl/α,β-unsaturated/α-hetero) is 1. The van der Waals surface area contributed by atoms with Crippen LogP contribution in [0.3, 0.4) is 0 Å². The maximum Gasteiger partial charge on any atom is 0.413 e. The molecule has 2 aromatic rings. The number of amides is 2. The van der Waals surface area contributed by atoms with Crippen molar-refractivity contribution in [3.63, 3.8) is 0 Å². The van der Waals surface area contributed by atoms with Gasteiger partial charge in [0, 0.05) is 5.38 Å². The molecule has 30 heavy (non-hydrogen) atoms. The van der Waals surface area contributed by atoms with E-state index in [0.29, 0.717) is 12.2 Å². The van der Waals surface area contributed by atoms with Gasteiger partial charge >= 0.3 is 6.09 Å². The third-order valence-corrected chi connectivity index (χ3v) is 5.85. The molecular weight excluding hydrogens is 404 g/mol. The average Bonchev–Trinajstić information content (AvgIpc) is 3.33. The highest BCUT2D eigenvalue weighted by Gasteiger charge is 2.37. The lowest BCUT2D eigenvalue weighted by Gasteiger charge is -2.30. The number of thiophene rings is 1. The molecule has 1 fully saturated rings. The predicted octanol–water partition coefficient (Wildman–Crippen LogP) is 3.05. The summed E-state index contributed by atoms with van der Waals surface area (Å²) in [6, 6.07) is 9.80. The van der Waals surface area contributed by atoms with Crippen molar-refractivity contribution in [2.24, 2.45) is 0 Å². The Kier molecular flexibility index (Phi) is 6.89. The molecule has 2 heterocycles. The summed E-state index contributed by atoms with van der Waals surface area (Å²) in [7, 11) is 0. The van der Waals surface area contributed by atoms with E-state index < -0.39 is 35.6 Å². The molecule has 2 N–H and O–H groups in total. The average molecular weight is 431 g/mol. The van der Waals surface area contributed by atoms with E-state index in [2.05, 4.69) is 10.6 Å². The van der Waals surface area contributed by atoms with Crippen LogP contribution < -0.4 is 15.4 Å². The second-order valence-electron chi connectivity index (χ2n) is 7.97. The first-order valence-electron chi connectivity index (χ1n) is 9.77. The van der Waals surface area contributed by atoms with Crippen LogP contribution in [0.5, 0.6) is 5.75 Å². The number of ketones is 1. The van der Waals surface area contributed by atoms with Crippen molar-refractivity contribution < 1.29 is 23.9 Å². The molecule has 1 aromatic carbocycles. The largest absolute Gasteiger partial charge is 0.413 e. The highest BCUT2D eigenvalue weighted by Crippen LogP contribution is 2.28. The molecule has 2 amide bonds. The first-order chi connectivity index (χ1) is 14.3. The fourth-order valence-electron chi connectivity index (χ4n) is 3.43. The molecule has 160 valence electrons. The van der Waals surface area contributed by atoms with Gasteiger partial charge in [0.1, 0.15) is 24.4 Å². The molecule has 1 aromatic heterocycles. The van der Waals surface area contributed by atoms with Crippen LogP contribution in [0.25, 0.3) is 0 Å². The van der Waals surface area contributed by atoms with E-state index >= 15 is 0 Å². The summed E-state index contributed by atoms with van der Waals surface area (Å²) in [5, 5.41) is 8.88. The zero-order valence-corrected chi connectivity index (χ0v) is 18.0. The molecule has 0 unspecified atom stereocenters. The summed E-state index contributed by atoms with van der Waals surface area (Å²) in [6.45, 7) is 5.71. The van der Waals surface area contributed by atoms with Crippen molar-refractivity contribution in [2.45, 2.75) is 50.8 Å². The highest BCUT2D eigenvalue weighted by molar-refractivity contribution is 7.08. The number of rotatable bonds is 7. The van der Waals surface area contributed by atoms with Gasteiger partial charge in [-0.1, -0.05) is 44.2 Å². The summed E-state index contributed by atoms with van der Waals surface area (Å²) >= 11 is 1.40. The quantitative estimate of drug-likeness (QED) is 0.704. The Balaban J connectivity index is 1.75. The summed E-state index contributed by atoms with van der Waals surface area (Å²) in [5.41, 5.74) is 0.616. The minimum Gasteiger partial charge on any atom is -0.409 e. The number of hydrogen-bond acceptors (Lipinski definition) is 6. The van der Waals surface area contributed by atoms with E-state index in [-0.39, 0.29) is 12.4 Å². The minimum absolute atomic E-state index is 0.0279. The van der Waals surface area contributed by atoms with Crippen molar-refractivity contribution in [1.82, 2.24) is 10.6 Å². The van der Waals surface area contributed by atoms with E-state index in [0.717, 1.165) is 5.56 Å². The Morgan fingerprint density at radius 2 is 2.00 bits per heavy atom. The van der Waals surface area contributed by atoms with Gasteiger partial charge in [-0.25, -0.2) is 4.79 Å². The molecule has 7 nitrogen and oxygen atoms in total. The molecule has 3 rings (SSSR count). The summed E-state index contributed by atoms with van der Waals surface area (Å²) in [5.74, 6) is -0.221. The second kappa shape index (κ2) is 9.40. The molecule has 0 spiro atoms. The lowest BCUT2D eigenvalue weighted by atomic mass is 9.79. The van der Waals surface area contributed by atoms with E-state index in [1.54, 1.807) is 23.8 Å². The van der Waals surface area contributed by atoms with E-state index in [1.807, 2.05) is 44.2 Å². The second-order valence-corrected chi connectivity index (χ2v) is 8.75. The molecule has 3 atom stereocenters. The SMILES string of the molecule is C[C@@H]1OCC(=O)[C@H]1NC(=O)[C@H](CC(C)(C)c1ccccc1)NC(=O)Oc1ccsc1. The fourth-order valence-corrected chi connectivity index (χ4v) is 3.98. The first kappa shape index (κ1) is 22.0. The van der Waals surface area contributed by atoms with Gasteiger partial charge in [-0.3, -0.25) is 9.59 Å². The third-order valence-electron chi connectivity index (χ3n) is 5.19. The van der Waals surface area contributed by atoms with E-state index in [1.165, 1.54) is 11.3 Å². The minimum atomic E-state index is -0.896. The van der Waals surface area contributed by atoms with Gasteiger partial charge in [-0.05, 0) is 35.8 Å². The van der Waals surface area contributed by atoms with Crippen molar-refractivity contribution in [3.8, 4) is 5.75 Å². The number of ether oxygens (including phenoxy) is 2. The van der Waals surface area contributed by atoms with Gasteiger partial charge in [0.15, 0.2) is 5.78 Å². The molecule has 1 aliphatic heterocycles. The fraction of sp³-hybridized carbons (Fsp3) is 0.409. The standard InChI is InChI=1S/C22H26N2O5S/c1-14-19(18(25)12-28-14)24-20(26)17(23-21(27)29-16-9-10-30-13-16)11-22(2,3)15-7-5-4-6-8-15/h4-10,13-14,17,19H,11-12H2,1-3H3,(H,23,27)(H,24,26)/t14-,17-,19-/m0/s1. The predicted molar refractivity (Wildman–Crippen MR) is 114 cm³/mol. The van der Waals surface area contributed by atoms with Crippen molar-refractivity contribution in [1.29, 1.82) is 0 Å². The molecule has 0 radical (unpaired) electrons. The number of nitrogens with one attached hydrogen (secondary N) is 2. The maximum atomic E-state index is 13.1. The Hall–Kier alpha value is -2.71. The van der Waals surface area contributed by atoms with Gasteiger partial charge in [0.25, 0.3) is 0 Å². The number of hydrogen-bond donors (Lipinski definition) is 2. The summed E-state index contributed by atoms with van der Waals surface area (Å²) < 4.78 is 10.6. The van der Waals surface area contributed by atoms with Crippen LogP contribution in [-0.4, -0.2) is 42.6 Å². The molecule has 1 saturated heterocycles. The van der Waals surface area contributed by atoms with Crippen molar-refractivity contribution in [3.05, 3.63) is 52.7 Å². The molecule has 0 aliphatic carbocycles. The maximum absolute atomic E-state index is 13.1. The smallest absolute Gasteiger partial charge is 0.409 e. The van der Waals surface area contributed by atoms with Crippen molar-refractivity contribution >= 4 is 29.1 Å². The van der Waals surface area contributed by atoms with Crippen LogP contribution in [0, 0.1) is 0 Å². The van der Waals surface area contributed by atoms with Gasteiger partial charge < -0.3 is 20.1 Å². The first-order valence-corrected chi connectivity index (χ1v) is 10.7. The Morgan fingerprint density at radius 3 is 2.60 bits per heavy atom. The van der Waals surface area contributed by atoms with E-state index in [9.17, 15) is 14.4 Å². The summed E-state index contributed by atoms with van der Waals surface area (Å²) in [4.78, 5) is 37.5. The molecule has 1 aliphatic rings. The Bertz CT molecular complexity index is 882. The van der Waals surface area contributed by atoms with Crippen LogP contribution in [0.4, 0.5) is 4.79 Å². The zero-order valence-electron chi connectivity index (χ0n) is 17.2. The number of benzene rings is 1. The van der Waals surface area contributed by atoms with Gasteiger partial charge in [0.05, 0.1) is 6.10 Å². The molecule has 0 saturated carbocycles. The summed E-state index contributed by atoms with van der Waals surface area (Å²) in [6.07, 6.45) is -0.820. The van der Waals surface area contributed by atoms with Gasteiger partial charge in [0.2, 0.25) is 5.91 Å². The van der Waals surface area contributed by atoms with Crippen LogP contribution >= 0.6 is 11.3 Å². The Labute approximate surface area is 179 Å². The van der Waals surface area contributed by atoms with Crippen LogP contribution in [0.2, 0.25) is 0 Å². The van der Waals surface area contributed by atoms with Crippen LogP contribution in [0.1, 0.15) is 32.8 Å². The lowest BCUT2D eigenvalue weighted by Crippen LogP contribution is -2.54. The molecular formula is C22H26N2O5S. The third kappa shape index (κ3) is 5.46. The molecule has 0 bridgehead atoms. The lowest BCUT2D eigenvalue weighted by molar-refractivity contribution is -0.127. The molecule has 8 heteroatoms. The normalized spacial score (nSPS) is 19.9.